The van der Waals surface area contributed by atoms with Gasteiger partial charge in [0.1, 0.15) is 0 Å². The summed E-state index contributed by atoms with van der Waals surface area (Å²) in [6, 6.07) is 0. The molecule has 4 nitrogen and oxygen atoms in total. The molecule has 2 heterocycles. The van der Waals surface area contributed by atoms with E-state index in [4.69, 9.17) is 4.74 Å². The fourth-order valence-corrected chi connectivity index (χ4v) is 2.79. The van der Waals surface area contributed by atoms with Crippen LogP contribution in [-0.4, -0.2) is 61.2 Å². The van der Waals surface area contributed by atoms with E-state index in [1.807, 2.05) is 0 Å². The van der Waals surface area contributed by atoms with Crippen LogP contribution in [0.15, 0.2) is 0 Å². The van der Waals surface area contributed by atoms with Gasteiger partial charge in [-0.2, -0.15) is 0 Å². The van der Waals surface area contributed by atoms with Gasteiger partial charge in [-0.3, -0.25) is 0 Å². The van der Waals surface area contributed by atoms with Crippen molar-refractivity contribution in [1.29, 1.82) is 0 Å². The summed E-state index contributed by atoms with van der Waals surface area (Å²) in [6.45, 7) is 6.88. The molecule has 2 fully saturated rings. The number of likely N-dealkylation sites (tertiary alicyclic amines) is 1. The lowest BCUT2D eigenvalue weighted by molar-refractivity contribution is -0.153. The molecule has 0 saturated carbocycles. The van der Waals surface area contributed by atoms with Crippen molar-refractivity contribution in [2.45, 2.75) is 19.8 Å². The standard InChI is InChI=1S/C12H23NO3/c1-11(7-14)3-2-4-13(5-11)6-12(8-15)9-16-10-12/h14-15H,2-10H2,1H3. The molecule has 94 valence electrons. The van der Waals surface area contributed by atoms with Crippen LogP contribution in [0.25, 0.3) is 0 Å². The molecule has 2 aliphatic rings. The van der Waals surface area contributed by atoms with Crippen LogP contribution in [0, 0.1) is 10.8 Å². The van der Waals surface area contributed by atoms with Gasteiger partial charge in [0.15, 0.2) is 0 Å². The monoisotopic (exact) mass is 229 g/mol. The van der Waals surface area contributed by atoms with Crippen molar-refractivity contribution in [3.05, 3.63) is 0 Å². The molecule has 16 heavy (non-hydrogen) atoms. The SMILES string of the molecule is CC1(CO)CCCN(CC2(CO)COC2)C1. The third-order valence-corrected chi connectivity index (χ3v) is 3.95. The maximum atomic E-state index is 9.40. The summed E-state index contributed by atoms with van der Waals surface area (Å²) < 4.78 is 5.21. The summed E-state index contributed by atoms with van der Waals surface area (Å²) in [4.78, 5) is 2.37. The van der Waals surface area contributed by atoms with E-state index in [-0.39, 0.29) is 24.0 Å². The van der Waals surface area contributed by atoms with Crippen molar-refractivity contribution < 1.29 is 14.9 Å². The zero-order valence-electron chi connectivity index (χ0n) is 10.1. The Bertz CT molecular complexity index is 237. The molecule has 0 spiro atoms. The fraction of sp³-hybridized carbons (Fsp3) is 1.00. The van der Waals surface area contributed by atoms with Gasteiger partial charge in [0.05, 0.1) is 25.2 Å². The maximum Gasteiger partial charge on any atom is 0.0579 e. The van der Waals surface area contributed by atoms with Crippen LogP contribution in [0.1, 0.15) is 19.8 Å². The number of piperidine rings is 1. The van der Waals surface area contributed by atoms with Crippen LogP contribution in [-0.2, 0) is 4.74 Å². The Hall–Kier alpha value is -0.160. The highest BCUT2D eigenvalue weighted by Gasteiger charge is 2.41. The molecule has 2 N–H and O–H groups in total. The van der Waals surface area contributed by atoms with Gasteiger partial charge in [-0.25, -0.2) is 0 Å². The molecular formula is C12H23NO3. The molecule has 1 unspecified atom stereocenters. The molecule has 0 aromatic heterocycles. The van der Waals surface area contributed by atoms with Gasteiger partial charge < -0.3 is 19.8 Å². The van der Waals surface area contributed by atoms with Crippen LogP contribution in [0.3, 0.4) is 0 Å². The number of aliphatic hydroxyl groups is 2. The molecule has 0 aliphatic carbocycles. The van der Waals surface area contributed by atoms with Crippen molar-refractivity contribution in [3.8, 4) is 0 Å². The zero-order chi connectivity index (χ0) is 11.6. The third-order valence-electron chi connectivity index (χ3n) is 3.95. The molecule has 2 rings (SSSR count). The van der Waals surface area contributed by atoms with E-state index < -0.39 is 0 Å². The Morgan fingerprint density at radius 3 is 2.50 bits per heavy atom. The largest absolute Gasteiger partial charge is 0.396 e. The minimum Gasteiger partial charge on any atom is -0.396 e. The van der Waals surface area contributed by atoms with Crippen LogP contribution >= 0.6 is 0 Å². The van der Waals surface area contributed by atoms with E-state index >= 15 is 0 Å². The Labute approximate surface area is 97.2 Å². The first-order chi connectivity index (χ1) is 7.61. The maximum absolute atomic E-state index is 9.40. The van der Waals surface area contributed by atoms with Crippen LogP contribution in [0.2, 0.25) is 0 Å². The van der Waals surface area contributed by atoms with Gasteiger partial charge >= 0.3 is 0 Å². The van der Waals surface area contributed by atoms with E-state index in [2.05, 4.69) is 11.8 Å². The fourth-order valence-electron chi connectivity index (χ4n) is 2.79. The number of hydrogen-bond acceptors (Lipinski definition) is 4. The molecular weight excluding hydrogens is 206 g/mol. The molecule has 0 amide bonds. The van der Waals surface area contributed by atoms with Gasteiger partial charge in [0, 0.05) is 25.1 Å². The van der Waals surface area contributed by atoms with Crippen molar-refractivity contribution in [2.75, 3.05) is 46.1 Å². The lowest BCUT2D eigenvalue weighted by Crippen LogP contribution is -2.56. The minimum absolute atomic E-state index is 0.0340. The summed E-state index contributed by atoms with van der Waals surface area (Å²) in [7, 11) is 0. The lowest BCUT2D eigenvalue weighted by atomic mass is 9.80. The molecule has 2 aliphatic heterocycles. The van der Waals surface area contributed by atoms with Gasteiger partial charge in [-0.15, -0.1) is 0 Å². The number of aliphatic hydroxyl groups excluding tert-OH is 2. The quantitative estimate of drug-likeness (QED) is 0.717. The van der Waals surface area contributed by atoms with E-state index in [0.717, 1.165) is 32.5 Å². The average Bonchev–Trinajstić information content (AvgIpc) is 2.24. The molecule has 0 aromatic carbocycles. The first-order valence-electron chi connectivity index (χ1n) is 6.13. The average molecular weight is 229 g/mol. The highest BCUT2D eigenvalue weighted by Crippen LogP contribution is 2.33. The van der Waals surface area contributed by atoms with Gasteiger partial charge in [-0.1, -0.05) is 6.92 Å². The summed E-state index contributed by atoms with van der Waals surface area (Å²) in [5.74, 6) is 0. The summed E-state index contributed by atoms with van der Waals surface area (Å²) >= 11 is 0. The number of nitrogens with zero attached hydrogens (tertiary/aromatic N) is 1. The van der Waals surface area contributed by atoms with Crippen molar-refractivity contribution in [1.82, 2.24) is 4.90 Å². The molecule has 2 saturated heterocycles. The predicted octanol–water partition coefficient (Wildman–Crippen LogP) is 0.0897. The Morgan fingerprint density at radius 2 is 2.00 bits per heavy atom. The van der Waals surface area contributed by atoms with Crippen LogP contribution in [0.4, 0.5) is 0 Å². The molecule has 0 bridgehead atoms. The van der Waals surface area contributed by atoms with Crippen molar-refractivity contribution >= 4 is 0 Å². The zero-order valence-corrected chi connectivity index (χ0v) is 10.1. The van der Waals surface area contributed by atoms with E-state index in [0.29, 0.717) is 13.2 Å². The molecule has 1 atom stereocenters. The van der Waals surface area contributed by atoms with Crippen molar-refractivity contribution in [3.63, 3.8) is 0 Å². The van der Waals surface area contributed by atoms with Gasteiger partial charge in [0.2, 0.25) is 0 Å². The molecule has 4 heteroatoms. The second kappa shape index (κ2) is 4.61. The van der Waals surface area contributed by atoms with Crippen LogP contribution in [0.5, 0.6) is 0 Å². The van der Waals surface area contributed by atoms with Gasteiger partial charge in [-0.05, 0) is 19.4 Å². The predicted molar refractivity (Wildman–Crippen MR) is 61.2 cm³/mol. The number of hydrogen-bond donors (Lipinski definition) is 2. The van der Waals surface area contributed by atoms with Crippen molar-refractivity contribution in [2.24, 2.45) is 10.8 Å². The number of rotatable bonds is 4. The molecule has 0 radical (unpaired) electrons. The lowest BCUT2D eigenvalue weighted by Gasteiger charge is -2.47. The number of ether oxygens (including phenoxy) is 1. The highest BCUT2D eigenvalue weighted by atomic mass is 16.5. The van der Waals surface area contributed by atoms with Gasteiger partial charge in [0.25, 0.3) is 0 Å². The normalized spacial score (nSPS) is 34.7. The summed E-state index contributed by atoms with van der Waals surface area (Å²) in [6.07, 6.45) is 2.24. The highest BCUT2D eigenvalue weighted by molar-refractivity contribution is 4.91. The van der Waals surface area contributed by atoms with E-state index in [9.17, 15) is 10.2 Å². The minimum atomic E-state index is -0.0340. The second-order valence-electron chi connectivity index (χ2n) is 5.93. The molecule has 0 aromatic rings. The summed E-state index contributed by atoms with van der Waals surface area (Å²) in [5, 5.41) is 18.8. The third kappa shape index (κ3) is 2.40. The van der Waals surface area contributed by atoms with E-state index in [1.54, 1.807) is 0 Å². The Morgan fingerprint density at radius 1 is 1.25 bits per heavy atom. The Balaban J connectivity index is 1.90. The smallest absolute Gasteiger partial charge is 0.0579 e. The first kappa shape index (κ1) is 12.3. The first-order valence-corrected chi connectivity index (χ1v) is 6.13. The Kier molecular flexibility index (Phi) is 3.54. The van der Waals surface area contributed by atoms with Crippen LogP contribution < -0.4 is 0 Å². The van der Waals surface area contributed by atoms with E-state index in [1.165, 1.54) is 0 Å². The second-order valence-corrected chi connectivity index (χ2v) is 5.93. The summed E-state index contributed by atoms with van der Waals surface area (Å²) in [5.41, 5.74) is 0.00715. The topological polar surface area (TPSA) is 52.9 Å².